The first-order valence-corrected chi connectivity index (χ1v) is 4.29. The van der Waals surface area contributed by atoms with E-state index in [0.717, 1.165) is 0 Å². The van der Waals surface area contributed by atoms with Crippen molar-refractivity contribution >= 4 is 0 Å². The Morgan fingerprint density at radius 2 is 1.46 bits per heavy atom. The maximum Gasteiger partial charge on any atom is 0.0821 e. The van der Waals surface area contributed by atoms with Crippen LogP contribution in [0, 0.1) is 5.92 Å². The molecule has 0 fully saturated rings. The van der Waals surface area contributed by atoms with Crippen LogP contribution in [0.1, 0.15) is 13.3 Å². The minimum absolute atomic E-state index is 0.0811. The van der Waals surface area contributed by atoms with Gasteiger partial charge in [-0.25, -0.2) is 0 Å². The molecule has 0 saturated heterocycles. The van der Waals surface area contributed by atoms with E-state index in [0.29, 0.717) is 6.42 Å². The van der Waals surface area contributed by atoms with Crippen molar-refractivity contribution in [2.24, 2.45) is 5.92 Å². The molecule has 2 atom stereocenters. The summed E-state index contributed by atoms with van der Waals surface area (Å²) in [7, 11) is 0. The standard InChI is InChI=1S/C6H14O4.C2H6O/c7-2-1-5(3-8)6(10)4-9;1-2-3/h5-10H,1-4H2;3H,2H2,1H3. The van der Waals surface area contributed by atoms with Gasteiger partial charge >= 0.3 is 0 Å². The molecule has 0 aliphatic rings. The normalized spacial score (nSPS) is 14.3. The Hall–Kier alpha value is -0.200. The summed E-state index contributed by atoms with van der Waals surface area (Å²) in [4.78, 5) is 0. The SMILES string of the molecule is CCO.OCCC(CO)C(O)CO. The Morgan fingerprint density at radius 3 is 1.69 bits per heavy atom. The molecular formula is C8H20O5. The summed E-state index contributed by atoms with van der Waals surface area (Å²) < 4.78 is 0. The van der Waals surface area contributed by atoms with E-state index >= 15 is 0 Å². The molecule has 0 rings (SSSR count). The maximum absolute atomic E-state index is 8.93. The van der Waals surface area contributed by atoms with Gasteiger partial charge < -0.3 is 25.5 Å². The summed E-state index contributed by atoms with van der Waals surface area (Å²) in [5.74, 6) is -0.407. The predicted molar refractivity (Wildman–Crippen MR) is 48.1 cm³/mol. The van der Waals surface area contributed by atoms with Crippen LogP contribution in [-0.2, 0) is 0 Å². The summed E-state index contributed by atoms with van der Waals surface area (Å²) in [5.41, 5.74) is 0. The van der Waals surface area contributed by atoms with Gasteiger partial charge in [-0.1, -0.05) is 0 Å². The highest BCUT2D eigenvalue weighted by Crippen LogP contribution is 2.06. The Balaban J connectivity index is 0. The van der Waals surface area contributed by atoms with Crippen LogP contribution in [0.4, 0.5) is 0 Å². The second kappa shape index (κ2) is 11.8. The lowest BCUT2D eigenvalue weighted by molar-refractivity contribution is 0.0126. The van der Waals surface area contributed by atoms with Gasteiger partial charge in [0.15, 0.2) is 0 Å². The molecule has 2 unspecified atom stereocenters. The van der Waals surface area contributed by atoms with Crippen LogP contribution in [0.2, 0.25) is 0 Å². The van der Waals surface area contributed by atoms with Gasteiger partial charge in [-0.05, 0) is 13.3 Å². The van der Waals surface area contributed by atoms with Crippen molar-refractivity contribution in [3.05, 3.63) is 0 Å². The molecule has 0 radical (unpaired) electrons. The fourth-order valence-electron chi connectivity index (χ4n) is 0.720. The van der Waals surface area contributed by atoms with E-state index in [1.165, 1.54) is 0 Å². The zero-order chi connectivity index (χ0) is 10.7. The van der Waals surface area contributed by atoms with E-state index in [1.54, 1.807) is 6.92 Å². The van der Waals surface area contributed by atoms with Crippen LogP contribution in [0.15, 0.2) is 0 Å². The van der Waals surface area contributed by atoms with Crippen molar-refractivity contribution < 1.29 is 25.5 Å². The fourth-order valence-corrected chi connectivity index (χ4v) is 0.720. The van der Waals surface area contributed by atoms with Crippen molar-refractivity contribution in [3.8, 4) is 0 Å². The maximum atomic E-state index is 8.93. The highest BCUT2D eigenvalue weighted by atomic mass is 16.3. The molecule has 0 aromatic rings. The largest absolute Gasteiger partial charge is 0.397 e. The molecule has 0 aliphatic heterocycles. The number of hydrogen-bond acceptors (Lipinski definition) is 5. The third-order valence-corrected chi connectivity index (χ3v) is 1.47. The molecular weight excluding hydrogens is 176 g/mol. The number of aliphatic hydroxyl groups is 5. The molecule has 5 heteroatoms. The Kier molecular flexibility index (Phi) is 13.9. The number of hydrogen-bond donors (Lipinski definition) is 5. The van der Waals surface area contributed by atoms with E-state index in [2.05, 4.69) is 0 Å². The van der Waals surface area contributed by atoms with Crippen LogP contribution in [-0.4, -0.2) is 58.1 Å². The summed E-state index contributed by atoms with van der Waals surface area (Å²) in [6.07, 6.45) is -0.602. The third-order valence-electron chi connectivity index (χ3n) is 1.47. The first kappa shape index (κ1) is 15.3. The molecule has 0 heterocycles. The highest BCUT2D eigenvalue weighted by Gasteiger charge is 2.16. The molecule has 5 N–H and O–H groups in total. The number of rotatable bonds is 5. The molecule has 5 nitrogen and oxygen atoms in total. The van der Waals surface area contributed by atoms with Gasteiger partial charge in [0.25, 0.3) is 0 Å². The van der Waals surface area contributed by atoms with Gasteiger partial charge in [-0.3, -0.25) is 0 Å². The Bertz CT molecular complexity index is 88.6. The fraction of sp³-hybridized carbons (Fsp3) is 1.00. The second-order valence-corrected chi connectivity index (χ2v) is 2.52. The van der Waals surface area contributed by atoms with Crippen molar-refractivity contribution in [1.29, 1.82) is 0 Å². The van der Waals surface area contributed by atoms with E-state index in [4.69, 9.17) is 25.5 Å². The lowest BCUT2D eigenvalue weighted by atomic mass is 10.0. The van der Waals surface area contributed by atoms with Gasteiger partial charge in [0, 0.05) is 25.7 Å². The van der Waals surface area contributed by atoms with Crippen LogP contribution in [0.5, 0.6) is 0 Å². The van der Waals surface area contributed by atoms with Gasteiger partial charge in [0.2, 0.25) is 0 Å². The van der Waals surface area contributed by atoms with E-state index in [1.807, 2.05) is 0 Å². The average molecular weight is 196 g/mol. The number of aliphatic hydroxyl groups excluding tert-OH is 5. The van der Waals surface area contributed by atoms with Gasteiger partial charge in [0.1, 0.15) is 0 Å². The van der Waals surface area contributed by atoms with Crippen LogP contribution in [0.3, 0.4) is 0 Å². The van der Waals surface area contributed by atoms with E-state index in [9.17, 15) is 0 Å². The first-order valence-electron chi connectivity index (χ1n) is 4.29. The quantitative estimate of drug-likeness (QED) is 0.362. The first-order chi connectivity index (χ1) is 6.17. The molecule has 0 amide bonds. The predicted octanol–water partition coefficient (Wildman–Crippen LogP) is -1.67. The smallest absolute Gasteiger partial charge is 0.0821 e. The topological polar surface area (TPSA) is 101 Å². The second-order valence-electron chi connectivity index (χ2n) is 2.52. The molecule has 0 saturated carbocycles. The molecule has 0 aromatic carbocycles. The van der Waals surface area contributed by atoms with Gasteiger partial charge in [-0.2, -0.15) is 0 Å². The van der Waals surface area contributed by atoms with Crippen LogP contribution >= 0.6 is 0 Å². The zero-order valence-electron chi connectivity index (χ0n) is 7.93. The third kappa shape index (κ3) is 9.72. The highest BCUT2D eigenvalue weighted by molar-refractivity contribution is 4.65. The van der Waals surface area contributed by atoms with Crippen LogP contribution < -0.4 is 0 Å². The van der Waals surface area contributed by atoms with Crippen molar-refractivity contribution in [1.82, 2.24) is 0 Å². The zero-order valence-corrected chi connectivity index (χ0v) is 7.93. The molecule has 82 valence electrons. The summed E-state index contributed by atoms with van der Waals surface area (Å²) in [6.45, 7) is 1.27. The van der Waals surface area contributed by atoms with Crippen molar-refractivity contribution in [2.45, 2.75) is 19.4 Å². The summed E-state index contributed by atoms with van der Waals surface area (Å²) >= 11 is 0. The van der Waals surface area contributed by atoms with E-state index < -0.39 is 12.0 Å². The van der Waals surface area contributed by atoms with Crippen molar-refractivity contribution in [3.63, 3.8) is 0 Å². The molecule has 0 aliphatic carbocycles. The minimum Gasteiger partial charge on any atom is -0.397 e. The summed E-state index contributed by atoms with van der Waals surface area (Å²) in [6, 6.07) is 0. The molecule has 0 spiro atoms. The van der Waals surface area contributed by atoms with Gasteiger partial charge in [0.05, 0.1) is 12.7 Å². The average Bonchev–Trinajstić information content (AvgIpc) is 2.14. The van der Waals surface area contributed by atoms with Crippen LogP contribution in [0.25, 0.3) is 0 Å². The van der Waals surface area contributed by atoms with Gasteiger partial charge in [-0.15, -0.1) is 0 Å². The Labute approximate surface area is 78.3 Å². The van der Waals surface area contributed by atoms with Crippen molar-refractivity contribution in [2.75, 3.05) is 26.4 Å². The molecule has 0 aromatic heterocycles. The Morgan fingerprint density at radius 1 is 1.00 bits per heavy atom. The monoisotopic (exact) mass is 196 g/mol. The molecule has 13 heavy (non-hydrogen) atoms. The lowest BCUT2D eigenvalue weighted by Gasteiger charge is -2.16. The van der Waals surface area contributed by atoms with E-state index in [-0.39, 0.29) is 26.4 Å². The summed E-state index contributed by atoms with van der Waals surface area (Å²) in [5, 5.41) is 41.9. The minimum atomic E-state index is -0.919. The molecule has 0 bridgehead atoms. The lowest BCUT2D eigenvalue weighted by Crippen LogP contribution is -2.27.